The van der Waals surface area contributed by atoms with Gasteiger partial charge in [0.1, 0.15) is 13.2 Å². The molecule has 2 aliphatic rings. The van der Waals surface area contributed by atoms with Crippen LogP contribution in [0.2, 0.25) is 0 Å². The SMILES string of the molecule is O=C(CN1CCOC1=O)N[C@@H]1CCCN(CCc2ccccc2)C1. The molecule has 1 aromatic rings. The lowest BCUT2D eigenvalue weighted by atomic mass is 10.0. The Morgan fingerprint density at radius 1 is 1.25 bits per heavy atom. The van der Waals surface area contributed by atoms with Gasteiger partial charge in [-0.25, -0.2) is 4.79 Å². The molecule has 2 heterocycles. The van der Waals surface area contributed by atoms with E-state index in [2.05, 4.69) is 34.5 Å². The summed E-state index contributed by atoms with van der Waals surface area (Å²) in [4.78, 5) is 27.4. The number of nitrogens with one attached hydrogen (secondary N) is 1. The number of nitrogens with zero attached hydrogens (tertiary/aromatic N) is 2. The fourth-order valence-electron chi connectivity index (χ4n) is 3.32. The van der Waals surface area contributed by atoms with Crippen LogP contribution < -0.4 is 5.32 Å². The second-order valence-electron chi connectivity index (χ2n) is 6.48. The van der Waals surface area contributed by atoms with E-state index in [1.807, 2.05) is 6.07 Å². The number of piperidine rings is 1. The maximum Gasteiger partial charge on any atom is 0.410 e. The van der Waals surface area contributed by atoms with Gasteiger partial charge >= 0.3 is 6.09 Å². The molecule has 2 amide bonds. The standard InChI is InChI=1S/C18H25N3O3/c22-17(14-21-11-12-24-18(21)23)19-16-7-4-9-20(13-16)10-8-15-5-2-1-3-6-15/h1-3,5-6,16H,4,7-14H2,(H,19,22)/t16-/m1/s1. The summed E-state index contributed by atoms with van der Waals surface area (Å²) in [7, 11) is 0. The van der Waals surface area contributed by atoms with E-state index in [9.17, 15) is 9.59 Å². The summed E-state index contributed by atoms with van der Waals surface area (Å²) in [6.07, 6.45) is 2.73. The molecular formula is C18H25N3O3. The van der Waals surface area contributed by atoms with Crippen LogP contribution in [-0.2, 0) is 16.0 Å². The number of rotatable bonds is 6. The minimum atomic E-state index is -0.390. The van der Waals surface area contributed by atoms with Gasteiger partial charge in [-0.1, -0.05) is 30.3 Å². The fourth-order valence-corrected chi connectivity index (χ4v) is 3.32. The summed E-state index contributed by atoms with van der Waals surface area (Å²) >= 11 is 0. The smallest absolute Gasteiger partial charge is 0.410 e. The Kier molecular flexibility index (Phi) is 5.69. The lowest BCUT2D eigenvalue weighted by Crippen LogP contribution is -2.50. The average Bonchev–Trinajstić information content (AvgIpc) is 2.99. The van der Waals surface area contributed by atoms with Crippen LogP contribution in [0.25, 0.3) is 0 Å². The van der Waals surface area contributed by atoms with Crippen molar-refractivity contribution in [2.75, 3.05) is 39.3 Å². The molecule has 1 aromatic carbocycles. The van der Waals surface area contributed by atoms with E-state index in [0.717, 1.165) is 38.9 Å². The number of carbonyl (C=O) groups excluding carboxylic acids is 2. The highest BCUT2D eigenvalue weighted by molar-refractivity contribution is 5.83. The van der Waals surface area contributed by atoms with Crippen molar-refractivity contribution in [1.82, 2.24) is 15.1 Å². The second-order valence-corrected chi connectivity index (χ2v) is 6.48. The van der Waals surface area contributed by atoms with Crippen molar-refractivity contribution >= 4 is 12.0 Å². The van der Waals surface area contributed by atoms with Gasteiger partial charge in [0, 0.05) is 19.1 Å². The van der Waals surface area contributed by atoms with Gasteiger partial charge in [0.25, 0.3) is 0 Å². The number of benzene rings is 1. The summed E-state index contributed by atoms with van der Waals surface area (Å²) in [6.45, 7) is 3.94. The van der Waals surface area contributed by atoms with Gasteiger partial charge in [-0.2, -0.15) is 0 Å². The Hall–Kier alpha value is -2.08. The molecule has 130 valence electrons. The molecule has 24 heavy (non-hydrogen) atoms. The number of likely N-dealkylation sites (tertiary alicyclic amines) is 1. The van der Waals surface area contributed by atoms with Gasteiger partial charge in [-0.05, 0) is 31.4 Å². The van der Waals surface area contributed by atoms with Crippen LogP contribution in [0.3, 0.4) is 0 Å². The fraction of sp³-hybridized carbons (Fsp3) is 0.556. The van der Waals surface area contributed by atoms with E-state index in [0.29, 0.717) is 13.2 Å². The van der Waals surface area contributed by atoms with Gasteiger partial charge in [0.05, 0.1) is 6.54 Å². The maximum absolute atomic E-state index is 12.1. The molecule has 1 N–H and O–H groups in total. The van der Waals surface area contributed by atoms with Crippen molar-refractivity contribution in [3.05, 3.63) is 35.9 Å². The monoisotopic (exact) mass is 331 g/mol. The van der Waals surface area contributed by atoms with Crippen molar-refractivity contribution in [3.8, 4) is 0 Å². The number of ether oxygens (including phenoxy) is 1. The van der Waals surface area contributed by atoms with Crippen LogP contribution in [0.1, 0.15) is 18.4 Å². The summed E-state index contributed by atoms with van der Waals surface area (Å²) in [6, 6.07) is 10.6. The summed E-state index contributed by atoms with van der Waals surface area (Å²) < 4.78 is 4.85. The molecule has 2 fully saturated rings. The lowest BCUT2D eigenvalue weighted by molar-refractivity contribution is -0.122. The number of hydrogen-bond acceptors (Lipinski definition) is 4. The van der Waals surface area contributed by atoms with E-state index >= 15 is 0 Å². The van der Waals surface area contributed by atoms with Crippen LogP contribution in [0.4, 0.5) is 4.79 Å². The third kappa shape index (κ3) is 4.71. The van der Waals surface area contributed by atoms with Gasteiger partial charge in [0.15, 0.2) is 0 Å². The number of amides is 2. The van der Waals surface area contributed by atoms with Crippen LogP contribution in [-0.4, -0.2) is 67.2 Å². The molecule has 0 unspecified atom stereocenters. The third-order valence-electron chi connectivity index (χ3n) is 4.61. The minimum Gasteiger partial charge on any atom is -0.448 e. The molecule has 6 nitrogen and oxygen atoms in total. The molecule has 0 saturated carbocycles. The van der Waals surface area contributed by atoms with Crippen molar-refractivity contribution in [1.29, 1.82) is 0 Å². The molecule has 2 aliphatic heterocycles. The van der Waals surface area contributed by atoms with E-state index < -0.39 is 6.09 Å². The summed E-state index contributed by atoms with van der Waals surface area (Å²) in [5.41, 5.74) is 1.34. The van der Waals surface area contributed by atoms with Gasteiger partial charge in [0.2, 0.25) is 5.91 Å². The molecule has 6 heteroatoms. The highest BCUT2D eigenvalue weighted by atomic mass is 16.6. The highest BCUT2D eigenvalue weighted by Crippen LogP contribution is 2.12. The number of hydrogen-bond donors (Lipinski definition) is 1. The Morgan fingerprint density at radius 3 is 2.83 bits per heavy atom. The minimum absolute atomic E-state index is 0.0937. The first-order valence-corrected chi connectivity index (χ1v) is 8.68. The topological polar surface area (TPSA) is 61.9 Å². The normalized spacial score (nSPS) is 21.6. The maximum atomic E-state index is 12.1. The molecule has 0 aliphatic carbocycles. The third-order valence-corrected chi connectivity index (χ3v) is 4.61. The van der Waals surface area contributed by atoms with Crippen LogP contribution >= 0.6 is 0 Å². The Bertz CT molecular complexity index is 564. The quantitative estimate of drug-likeness (QED) is 0.852. The molecule has 1 atom stereocenters. The first-order chi connectivity index (χ1) is 11.7. The Labute approximate surface area is 142 Å². The Morgan fingerprint density at radius 2 is 2.08 bits per heavy atom. The zero-order chi connectivity index (χ0) is 16.8. The molecule has 0 aromatic heterocycles. The highest BCUT2D eigenvalue weighted by Gasteiger charge is 2.26. The number of carbonyl (C=O) groups is 2. The molecular weight excluding hydrogens is 306 g/mol. The summed E-state index contributed by atoms with van der Waals surface area (Å²) in [5, 5.41) is 3.06. The van der Waals surface area contributed by atoms with Gasteiger partial charge < -0.3 is 15.0 Å². The first-order valence-electron chi connectivity index (χ1n) is 8.68. The average molecular weight is 331 g/mol. The van der Waals surface area contributed by atoms with Gasteiger partial charge in [-0.15, -0.1) is 0 Å². The van der Waals surface area contributed by atoms with Crippen molar-refractivity contribution in [2.45, 2.75) is 25.3 Å². The van der Waals surface area contributed by atoms with Crippen molar-refractivity contribution in [2.24, 2.45) is 0 Å². The predicted octanol–water partition coefficient (Wildman–Crippen LogP) is 1.26. The number of cyclic esters (lactones) is 1. The van der Waals surface area contributed by atoms with Crippen LogP contribution in [0.5, 0.6) is 0 Å². The molecule has 2 saturated heterocycles. The van der Waals surface area contributed by atoms with E-state index in [1.165, 1.54) is 10.5 Å². The summed E-state index contributed by atoms with van der Waals surface area (Å²) in [5.74, 6) is -0.0937. The van der Waals surface area contributed by atoms with Crippen LogP contribution in [0, 0.1) is 0 Å². The molecule has 3 rings (SSSR count). The molecule has 0 bridgehead atoms. The zero-order valence-corrected chi connectivity index (χ0v) is 13.9. The van der Waals surface area contributed by atoms with Gasteiger partial charge in [-0.3, -0.25) is 9.69 Å². The lowest BCUT2D eigenvalue weighted by Gasteiger charge is -2.33. The first kappa shape index (κ1) is 16.8. The largest absolute Gasteiger partial charge is 0.448 e. The molecule has 0 spiro atoms. The zero-order valence-electron chi connectivity index (χ0n) is 13.9. The Balaban J connectivity index is 1.41. The van der Waals surface area contributed by atoms with Crippen LogP contribution in [0.15, 0.2) is 30.3 Å². The van der Waals surface area contributed by atoms with E-state index in [4.69, 9.17) is 4.74 Å². The second kappa shape index (κ2) is 8.15. The predicted molar refractivity (Wildman–Crippen MR) is 90.7 cm³/mol. The molecule has 0 radical (unpaired) electrons. The van der Waals surface area contributed by atoms with E-state index in [1.54, 1.807) is 0 Å². The van der Waals surface area contributed by atoms with Crippen molar-refractivity contribution < 1.29 is 14.3 Å². The van der Waals surface area contributed by atoms with E-state index in [-0.39, 0.29) is 18.5 Å². The van der Waals surface area contributed by atoms with Crippen molar-refractivity contribution in [3.63, 3.8) is 0 Å².